The summed E-state index contributed by atoms with van der Waals surface area (Å²) < 4.78 is 0. The normalized spacial score (nSPS) is 17.6. The molecule has 0 radical (unpaired) electrons. The van der Waals surface area contributed by atoms with E-state index in [0.29, 0.717) is 17.7 Å². The third-order valence-electron chi connectivity index (χ3n) is 5.09. The van der Waals surface area contributed by atoms with Crippen LogP contribution in [0.15, 0.2) is 54.3 Å². The van der Waals surface area contributed by atoms with Gasteiger partial charge in [0, 0.05) is 11.3 Å². The molecule has 2 aliphatic rings. The molecule has 8 nitrogen and oxygen atoms in total. The van der Waals surface area contributed by atoms with E-state index in [1.807, 2.05) is 12.1 Å². The van der Waals surface area contributed by atoms with Crippen LogP contribution in [0.4, 0.5) is 17.5 Å². The Morgan fingerprint density at radius 3 is 2.93 bits per heavy atom. The van der Waals surface area contributed by atoms with Crippen LogP contribution in [0.5, 0.6) is 5.75 Å². The average molecular weight is 385 g/mol. The van der Waals surface area contributed by atoms with Gasteiger partial charge in [-0.3, -0.25) is 0 Å². The molecule has 29 heavy (non-hydrogen) atoms. The van der Waals surface area contributed by atoms with E-state index in [1.165, 1.54) is 5.57 Å². The minimum Gasteiger partial charge on any atom is -0.508 e. The van der Waals surface area contributed by atoms with Gasteiger partial charge in [0.15, 0.2) is 17.0 Å². The lowest BCUT2D eigenvalue weighted by atomic mass is 9.99. The quantitative estimate of drug-likeness (QED) is 0.575. The lowest BCUT2D eigenvalue weighted by Gasteiger charge is -2.33. The maximum atomic E-state index is 9.94. The number of aromatic nitrogens is 4. The number of hydrogen-bond donors (Lipinski definition) is 3. The van der Waals surface area contributed by atoms with Crippen LogP contribution in [0.1, 0.15) is 17.7 Å². The first-order chi connectivity index (χ1) is 14.1. The number of allylic oxidation sites excluding steroid dienone is 2. The van der Waals surface area contributed by atoms with E-state index in [-0.39, 0.29) is 23.6 Å². The molecule has 3 aromatic rings. The van der Waals surface area contributed by atoms with Gasteiger partial charge in [-0.05, 0) is 30.2 Å². The van der Waals surface area contributed by atoms with Crippen molar-refractivity contribution >= 4 is 34.7 Å². The number of anilines is 3. The van der Waals surface area contributed by atoms with E-state index in [0.717, 1.165) is 23.4 Å². The molecular weight excluding hydrogens is 366 g/mol. The number of nitrogen functional groups attached to an aromatic ring is 2. The van der Waals surface area contributed by atoms with Gasteiger partial charge in [-0.15, -0.1) is 0 Å². The van der Waals surface area contributed by atoms with Crippen LogP contribution in [-0.4, -0.2) is 31.1 Å². The zero-order valence-corrected chi connectivity index (χ0v) is 15.5. The number of nitrogens with two attached hydrogens (primary N) is 2. The molecule has 0 spiro atoms. The summed E-state index contributed by atoms with van der Waals surface area (Å²) in [5.74, 6) is 0.519. The van der Waals surface area contributed by atoms with Gasteiger partial charge in [-0.25, -0.2) is 9.97 Å². The van der Waals surface area contributed by atoms with Crippen molar-refractivity contribution < 1.29 is 5.11 Å². The molecule has 1 atom stereocenters. The first kappa shape index (κ1) is 17.2. The van der Waals surface area contributed by atoms with Gasteiger partial charge in [-0.2, -0.15) is 9.97 Å². The van der Waals surface area contributed by atoms with Crippen LogP contribution in [-0.2, 0) is 6.54 Å². The monoisotopic (exact) mass is 385 g/mol. The molecule has 1 aromatic carbocycles. The van der Waals surface area contributed by atoms with Crippen LogP contribution < -0.4 is 16.4 Å². The summed E-state index contributed by atoms with van der Waals surface area (Å²) in [4.78, 5) is 19.3. The van der Waals surface area contributed by atoms with Gasteiger partial charge >= 0.3 is 0 Å². The van der Waals surface area contributed by atoms with Gasteiger partial charge in [0.05, 0.1) is 24.5 Å². The van der Waals surface area contributed by atoms with E-state index >= 15 is 0 Å². The highest BCUT2D eigenvalue weighted by molar-refractivity contribution is 5.82. The molecule has 0 saturated heterocycles. The van der Waals surface area contributed by atoms with E-state index in [1.54, 1.807) is 18.3 Å². The van der Waals surface area contributed by atoms with Crippen molar-refractivity contribution in [2.75, 3.05) is 16.4 Å². The summed E-state index contributed by atoms with van der Waals surface area (Å²) in [6.07, 6.45) is 13.3. The molecule has 2 aromatic heterocycles. The van der Waals surface area contributed by atoms with E-state index in [2.05, 4.69) is 49.1 Å². The molecule has 0 saturated carbocycles. The van der Waals surface area contributed by atoms with E-state index < -0.39 is 0 Å². The SMILES string of the molecule is Nc1nc(N)c2nc(CN3c4ccc(O)cc4C=CC4=CCC=C[C@@H]43)cnc2n1. The summed E-state index contributed by atoms with van der Waals surface area (Å²) in [6, 6.07) is 5.44. The Labute approximate surface area is 166 Å². The van der Waals surface area contributed by atoms with Crippen LogP contribution in [0.3, 0.4) is 0 Å². The van der Waals surface area contributed by atoms with Crippen molar-refractivity contribution in [2.45, 2.75) is 19.0 Å². The number of phenols is 1. The Kier molecular flexibility index (Phi) is 3.90. The van der Waals surface area contributed by atoms with Gasteiger partial charge in [0.25, 0.3) is 0 Å². The highest BCUT2D eigenvalue weighted by Gasteiger charge is 2.26. The molecule has 5 N–H and O–H groups in total. The highest BCUT2D eigenvalue weighted by Crippen LogP contribution is 2.35. The smallest absolute Gasteiger partial charge is 0.224 e. The minimum absolute atomic E-state index is 0.0586. The molecule has 144 valence electrons. The predicted octanol–water partition coefficient (Wildman–Crippen LogP) is 2.58. The Morgan fingerprint density at radius 2 is 2.03 bits per heavy atom. The number of nitrogens with zero attached hydrogens (tertiary/aromatic N) is 5. The Morgan fingerprint density at radius 1 is 1.14 bits per heavy atom. The largest absolute Gasteiger partial charge is 0.508 e. The predicted molar refractivity (Wildman–Crippen MR) is 113 cm³/mol. The number of hydrogen-bond acceptors (Lipinski definition) is 8. The lowest BCUT2D eigenvalue weighted by Crippen LogP contribution is -2.35. The number of phenolic OH excluding ortho intramolecular Hbond substituents is 1. The van der Waals surface area contributed by atoms with E-state index in [4.69, 9.17) is 11.5 Å². The number of benzene rings is 1. The van der Waals surface area contributed by atoms with Crippen LogP contribution >= 0.6 is 0 Å². The Hall–Kier alpha value is -3.94. The number of aromatic hydroxyl groups is 1. The second-order valence-corrected chi connectivity index (χ2v) is 7.02. The van der Waals surface area contributed by atoms with Crippen molar-refractivity contribution in [3.8, 4) is 5.75 Å². The summed E-state index contributed by atoms with van der Waals surface area (Å²) >= 11 is 0. The summed E-state index contributed by atoms with van der Waals surface area (Å²) in [5.41, 5.74) is 16.3. The van der Waals surface area contributed by atoms with Crippen molar-refractivity contribution in [3.63, 3.8) is 0 Å². The average Bonchev–Trinajstić information content (AvgIpc) is 2.85. The number of rotatable bonds is 2. The maximum absolute atomic E-state index is 9.94. The summed E-state index contributed by atoms with van der Waals surface area (Å²) in [5, 5.41) is 9.94. The minimum atomic E-state index is 0.0586. The van der Waals surface area contributed by atoms with Crippen LogP contribution in [0.25, 0.3) is 17.2 Å². The second-order valence-electron chi connectivity index (χ2n) is 7.02. The molecule has 1 aliphatic heterocycles. The molecule has 8 heteroatoms. The van der Waals surface area contributed by atoms with Crippen LogP contribution in [0.2, 0.25) is 0 Å². The fourth-order valence-electron chi connectivity index (χ4n) is 3.78. The molecular formula is C21H19N7O. The molecule has 0 unspecified atom stereocenters. The lowest BCUT2D eigenvalue weighted by molar-refractivity contribution is 0.475. The van der Waals surface area contributed by atoms with Gasteiger partial charge < -0.3 is 21.5 Å². The van der Waals surface area contributed by atoms with Gasteiger partial charge in [-0.1, -0.05) is 30.4 Å². The van der Waals surface area contributed by atoms with Crippen LogP contribution in [0, 0.1) is 0 Å². The Bertz CT molecular complexity index is 1220. The van der Waals surface area contributed by atoms with Crippen molar-refractivity contribution in [1.29, 1.82) is 0 Å². The molecule has 1 aliphatic carbocycles. The first-order valence-corrected chi connectivity index (χ1v) is 9.27. The summed E-state index contributed by atoms with van der Waals surface area (Å²) in [6.45, 7) is 0.499. The molecule has 0 amide bonds. The van der Waals surface area contributed by atoms with E-state index in [9.17, 15) is 5.11 Å². The topological polar surface area (TPSA) is 127 Å². The van der Waals surface area contributed by atoms with Gasteiger partial charge in [0.1, 0.15) is 5.75 Å². The third-order valence-corrected chi connectivity index (χ3v) is 5.09. The zero-order chi connectivity index (χ0) is 20.0. The maximum Gasteiger partial charge on any atom is 0.224 e. The molecule has 0 fully saturated rings. The van der Waals surface area contributed by atoms with Crippen molar-refractivity contribution in [1.82, 2.24) is 19.9 Å². The van der Waals surface area contributed by atoms with Gasteiger partial charge in [0.2, 0.25) is 5.95 Å². The fourth-order valence-corrected chi connectivity index (χ4v) is 3.78. The number of fused-ring (bicyclic) bond motifs is 3. The third kappa shape index (κ3) is 3.04. The highest BCUT2D eigenvalue weighted by atomic mass is 16.3. The van der Waals surface area contributed by atoms with Crippen molar-refractivity contribution in [3.05, 3.63) is 65.5 Å². The second kappa shape index (κ2) is 6.59. The zero-order valence-electron chi connectivity index (χ0n) is 15.5. The standard InChI is InChI=1S/C21H19N7O/c22-19-18-20(27-21(23)26-19)24-10-14(25-18)11-28-16-4-2-1-3-12(16)5-6-13-9-15(29)7-8-17(13)28/h2-10,16,29H,1,11H2,(H4,22,23,24,26,27)/t16-/m0/s1. The Balaban J connectivity index is 1.60. The summed E-state index contributed by atoms with van der Waals surface area (Å²) in [7, 11) is 0. The molecule has 3 heterocycles. The molecule has 0 bridgehead atoms. The molecule has 5 rings (SSSR count). The fraction of sp³-hybridized carbons (Fsp3) is 0.143. The first-order valence-electron chi connectivity index (χ1n) is 9.27. The van der Waals surface area contributed by atoms with Crippen molar-refractivity contribution in [2.24, 2.45) is 0 Å².